The van der Waals surface area contributed by atoms with Crippen LogP contribution >= 0.6 is 0 Å². The summed E-state index contributed by atoms with van der Waals surface area (Å²) in [5, 5.41) is 50.5. The number of nitrogens with zero attached hydrogens (tertiary/aromatic N) is 3. The molecule has 0 fully saturated rings. The molecular weight excluding hydrogens is 678 g/mol. The maximum Gasteiger partial charge on any atom is 0.441 e. The molecule has 0 unspecified atom stereocenters. The number of nitro groups is 1. The van der Waals surface area contributed by atoms with Crippen LogP contribution in [0.25, 0.3) is 0 Å². The van der Waals surface area contributed by atoms with Crippen LogP contribution < -0.4 is 32.7 Å². The highest BCUT2D eigenvalue weighted by atomic mass is 16.7. The van der Waals surface area contributed by atoms with Crippen LogP contribution in [0.3, 0.4) is 0 Å². The highest BCUT2D eigenvalue weighted by Gasteiger charge is 2.37. The lowest BCUT2D eigenvalue weighted by molar-refractivity contribution is -0.384. The zero-order valence-corrected chi connectivity index (χ0v) is 28.7. The van der Waals surface area contributed by atoms with Crippen LogP contribution in [0.5, 0.6) is 0 Å². The van der Waals surface area contributed by atoms with Crippen LogP contribution in [0.15, 0.2) is 29.3 Å². The predicted molar refractivity (Wildman–Crippen MR) is 180 cm³/mol. The van der Waals surface area contributed by atoms with Crippen molar-refractivity contribution < 1.29 is 53.8 Å². The fraction of sp³-hybridized carbons (Fsp3) is 0.567. The quantitative estimate of drug-likeness (QED) is 0.0258. The number of aliphatic imine (C=N–C) groups is 1. The lowest BCUT2D eigenvalue weighted by Gasteiger charge is -2.30. The van der Waals surface area contributed by atoms with Crippen LogP contribution in [0.2, 0.25) is 0 Å². The number of carbonyl (C=O) groups excluding carboxylic acids is 5. The Bertz CT molecular complexity index is 1400. The first-order valence-electron chi connectivity index (χ1n) is 15.9. The van der Waals surface area contributed by atoms with E-state index in [0.717, 1.165) is 19.1 Å². The molecule has 5 atom stereocenters. The number of amides is 5. The van der Waals surface area contributed by atoms with E-state index in [1.54, 1.807) is 20.8 Å². The van der Waals surface area contributed by atoms with Gasteiger partial charge in [-0.25, -0.2) is 9.59 Å². The molecule has 51 heavy (non-hydrogen) atoms. The average molecular weight is 726 g/mol. The Morgan fingerprint density at radius 2 is 1.57 bits per heavy atom. The van der Waals surface area contributed by atoms with Gasteiger partial charge in [0.25, 0.3) is 5.69 Å². The minimum atomic E-state index is -1.77. The lowest BCUT2D eigenvalue weighted by Crippen LogP contribution is -2.61. The van der Waals surface area contributed by atoms with Gasteiger partial charge < -0.3 is 52.9 Å². The molecule has 11 N–H and O–H groups in total. The van der Waals surface area contributed by atoms with Crippen molar-refractivity contribution in [3.05, 3.63) is 34.4 Å². The standard InChI is InChI=1S/C30H47N9O12/c1-5-7-23(42)51-38(30(47)48)22(14-16(2)3)27(45)36-21(15-40)26(44)37-24(17(4)41)28(46)35-20(8-6-13-33-29(31)32)25(43)34-18-9-11-19(12-10-18)39(49)50/h9-12,16-17,20-22,24,40-41H,5-8,13-15H2,1-4H3,(H,34,43)(H,35,46)(H,36,45)(H,37,44)(H,47,48)(H4,31,32,33)/t17-,20+,21+,22+,24+/m1/s1. The monoisotopic (exact) mass is 725 g/mol. The summed E-state index contributed by atoms with van der Waals surface area (Å²) in [6, 6.07) is -1.60. The van der Waals surface area contributed by atoms with Gasteiger partial charge in [-0.15, -0.1) is 5.06 Å². The molecule has 5 amide bonds. The molecule has 284 valence electrons. The van der Waals surface area contributed by atoms with E-state index in [1.807, 2.05) is 0 Å². The molecule has 0 aromatic heterocycles. The van der Waals surface area contributed by atoms with Crippen LogP contribution in [0, 0.1) is 16.0 Å². The van der Waals surface area contributed by atoms with Gasteiger partial charge in [0, 0.05) is 30.8 Å². The van der Waals surface area contributed by atoms with E-state index in [-0.39, 0.29) is 60.5 Å². The van der Waals surface area contributed by atoms with Gasteiger partial charge in [0.1, 0.15) is 18.1 Å². The molecule has 0 spiro atoms. The van der Waals surface area contributed by atoms with Gasteiger partial charge in [0.2, 0.25) is 23.6 Å². The van der Waals surface area contributed by atoms with Gasteiger partial charge in [0.15, 0.2) is 12.0 Å². The van der Waals surface area contributed by atoms with Crippen LogP contribution in [0.4, 0.5) is 16.2 Å². The number of nitro benzene ring substituents is 1. The summed E-state index contributed by atoms with van der Waals surface area (Å²) in [5.41, 5.74) is 10.6. The molecule has 1 aromatic carbocycles. The van der Waals surface area contributed by atoms with Crippen LogP contribution in [-0.2, 0) is 28.8 Å². The van der Waals surface area contributed by atoms with Crippen LogP contribution in [-0.4, -0.2) is 110 Å². The maximum absolute atomic E-state index is 13.4. The van der Waals surface area contributed by atoms with E-state index in [2.05, 4.69) is 26.3 Å². The number of hydrogen-bond donors (Lipinski definition) is 9. The fourth-order valence-electron chi connectivity index (χ4n) is 4.40. The maximum atomic E-state index is 13.4. The number of non-ortho nitro benzene ring substituents is 1. The number of nitrogens with two attached hydrogens (primary N) is 2. The topological polar surface area (TPSA) is 331 Å². The predicted octanol–water partition coefficient (Wildman–Crippen LogP) is -0.933. The van der Waals surface area contributed by atoms with Crippen molar-refractivity contribution in [2.75, 3.05) is 18.5 Å². The van der Waals surface area contributed by atoms with Crippen molar-refractivity contribution in [3.63, 3.8) is 0 Å². The smallest absolute Gasteiger partial charge is 0.441 e. The van der Waals surface area contributed by atoms with Gasteiger partial charge in [-0.05, 0) is 50.7 Å². The third-order valence-electron chi connectivity index (χ3n) is 6.93. The first kappa shape index (κ1) is 43.5. The first-order chi connectivity index (χ1) is 23.9. The minimum Gasteiger partial charge on any atom is -0.463 e. The lowest BCUT2D eigenvalue weighted by atomic mass is 10.0. The zero-order valence-electron chi connectivity index (χ0n) is 28.7. The SMILES string of the molecule is CCCC(=O)ON(C(=O)O)[C@@H](CC(C)C)C(=O)N[C@@H](CO)C(=O)N[C@H](C(=O)N[C@@H](CCCN=C(N)N)C(=O)Nc1ccc([N+](=O)[O-])cc1)[C@@H](C)O. The molecule has 21 heteroatoms. The van der Waals surface area contributed by atoms with Crippen molar-refractivity contribution in [2.45, 2.75) is 90.1 Å². The first-order valence-corrected chi connectivity index (χ1v) is 15.9. The Morgan fingerprint density at radius 3 is 2.06 bits per heavy atom. The van der Waals surface area contributed by atoms with Gasteiger partial charge >= 0.3 is 12.1 Å². The van der Waals surface area contributed by atoms with E-state index in [9.17, 15) is 54.2 Å². The number of hydrogen-bond acceptors (Lipinski definition) is 12. The number of carbonyl (C=O) groups is 6. The number of carboxylic acid groups (broad SMARTS) is 1. The number of nitrogens with one attached hydrogen (secondary N) is 4. The highest BCUT2D eigenvalue weighted by Crippen LogP contribution is 2.17. The Morgan fingerprint density at radius 1 is 0.961 bits per heavy atom. The minimum absolute atomic E-state index is 0.0444. The zero-order chi connectivity index (χ0) is 38.8. The summed E-state index contributed by atoms with van der Waals surface area (Å²) in [4.78, 5) is 96.0. The molecule has 0 heterocycles. The molecule has 1 aromatic rings. The van der Waals surface area contributed by atoms with E-state index >= 15 is 0 Å². The summed E-state index contributed by atoms with van der Waals surface area (Å²) in [5.74, 6) is -5.52. The highest BCUT2D eigenvalue weighted by molar-refractivity contribution is 5.99. The third kappa shape index (κ3) is 15.2. The van der Waals surface area contributed by atoms with Gasteiger partial charge in [-0.2, -0.15) is 0 Å². The number of benzene rings is 1. The van der Waals surface area contributed by atoms with Crippen LogP contribution in [0.1, 0.15) is 59.8 Å². The Kier molecular flexibility index (Phi) is 18.3. The Labute approximate surface area is 293 Å². The van der Waals surface area contributed by atoms with Crippen molar-refractivity contribution in [1.82, 2.24) is 21.0 Å². The number of aliphatic hydroxyl groups excluding tert-OH is 2. The largest absolute Gasteiger partial charge is 0.463 e. The molecular formula is C30H47N9O12. The molecule has 0 saturated heterocycles. The molecule has 21 nitrogen and oxygen atoms in total. The fourth-order valence-corrected chi connectivity index (χ4v) is 4.40. The molecule has 0 aliphatic carbocycles. The Hall–Kier alpha value is -5.57. The molecule has 0 bridgehead atoms. The number of guanidine groups is 1. The van der Waals surface area contributed by atoms with Crippen molar-refractivity contribution in [1.29, 1.82) is 0 Å². The van der Waals surface area contributed by atoms with Gasteiger partial charge in [0.05, 0.1) is 17.6 Å². The van der Waals surface area contributed by atoms with Crippen molar-refractivity contribution >= 4 is 53.0 Å². The summed E-state index contributed by atoms with van der Waals surface area (Å²) in [6.45, 7) is 5.17. The third-order valence-corrected chi connectivity index (χ3v) is 6.93. The van der Waals surface area contributed by atoms with Gasteiger partial charge in [-0.3, -0.25) is 34.3 Å². The second-order valence-electron chi connectivity index (χ2n) is 11.7. The summed E-state index contributed by atoms with van der Waals surface area (Å²) in [7, 11) is 0. The van der Waals surface area contributed by atoms with Gasteiger partial charge in [-0.1, -0.05) is 20.8 Å². The van der Waals surface area contributed by atoms with Crippen molar-refractivity contribution in [3.8, 4) is 0 Å². The van der Waals surface area contributed by atoms with E-state index in [1.165, 1.54) is 12.1 Å². The normalized spacial score (nSPS) is 13.7. The van der Waals surface area contributed by atoms with E-state index in [4.69, 9.17) is 16.3 Å². The summed E-state index contributed by atoms with van der Waals surface area (Å²) in [6.07, 6.45) is -3.17. The second kappa shape index (κ2) is 21.5. The second-order valence-corrected chi connectivity index (χ2v) is 11.7. The number of anilines is 1. The van der Waals surface area contributed by atoms with Crippen molar-refractivity contribution in [2.24, 2.45) is 22.4 Å². The number of rotatable bonds is 20. The number of aliphatic hydroxyl groups is 2. The summed E-state index contributed by atoms with van der Waals surface area (Å²) < 4.78 is 0. The molecule has 0 aliphatic rings. The molecule has 0 saturated carbocycles. The average Bonchev–Trinajstić information content (AvgIpc) is 3.04. The van der Waals surface area contributed by atoms with E-state index in [0.29, 0.717) is 6.42 Å². The molecule has 0 aliphatic heterocycles. The molecule has 0 radical (unpaired) electrons. The Balaban J connectivity index is 3.20. The summed E-state index contributed by atoms with van der Waals surface area (Å²) >= 11 is 0. The van der Waals surface area contributed by atoms with E-state index < -0.39 is 77.5 Å². The molecule has 1 rings (SSSR count). The number of hydroxylamine groups is 2.